The molecule has 0 saturated heterocycles. The minimum absolute atomic E-state index is 0.212. The van der Waals surface area contributed by atoms with Crippen LogP contribution in [0.1, 0.15) is 30.4 Å². The largest absolute Gasteiger partial charge is 0.481 e. The van der Waals surface area contributed by atoms with Crippen molar-refractivity contribution < 1.29 is 9.90 Å². The molecule has 2 rings (SSSR count). The number of carbonyl (C=O) groups is 1. The van der Waals surface area contributed by atoms with Gasteiger partial charge in [-0.2, -0.15) is 0 Å². The first-order chi connectivity index (χ1) is 6.70. The van der Waals surface area contributed by atoms with Gasteiger partial charge in [0, 0.05) is 0 Å². The third kappa shape index (κ3) is 1.41. The van der Waals surface area contributed by atoms with Crippen LogP contribution in [0.2, 0.25) is 0 Å². The molecular formula is C12H14O2. The lowest BCUT2D eigenvalue weighted by molar-refractivity contribution is -0.141. The molecule has 0 bridgehead atoms. The Kier molecular flexibility index (Phi) is 2.28. The molecule has 14 heavy (non-hydrogen) atoms. The zero-order valence-corrected chi connectivity index (χ0v) is 8.23. The molecule has 1 N–H and O–H groups in total. The first kappa shape index (κ1) is 9.25. The molecule has 0 heterocycles. The fourth-order valence-electron chi connectivity index (χ4n) is 2.28. The number of hydrogen-bond acceptors (Lipinski definition) is 1. The molecule has 0 fully saturated rings. The Labute approximate surface area is 83.6 Å². The summed E-state index contributed by atoms with van der Waals surface area (Å²) in [6.07, 6.45) is 2.01. The zero-order valence-electron chi connectivity index (χ0n) is 8.23. The van der Waals surface area contributed by atoms with E-state index in [-0.39, 0.29) is 11.8 Å². The van der Waals surface area contributed by atoms with Crippen LogP contribution in [0.15, 0.2) is 24.3 Å². The maximum atomic E-state index is 10.9. The van der Waals surface area contributed by atoms with Gasteiger partial charge in [-0.3, -0.25) is 4.79 Å². The van der Waals surface area contributed by atoms with Gasteiger partial charge in [0.15, 0.2) is 0 Å². The highest BCUT2D eigenvalue weighted by molar-refractivity contribution is 5.71. The van der Waals surface area contributed by atoms with Gasteiger partial charge in [0.1, 0.15) is 0 Å². The first-order valence-corrected chi connectivity index (χ1v) is 5.00. The topological polar surface area (TPSA) is 37.3 Å². The molecular weight excluding hydrogens is 176 g/mol. The number of aliphatic carboxylic acids is 1. The van der Waals surface area contributed by atoms with Crippen LogP contribution in [0.3, 0.4) is 0 Å². The van der Waals surface area contributed by atoms with Crippen molar-refractivity contribution in [3.05, 3.63) is 35.4 Å². The fraction of sp³-hybridized carbons (Fsp3) is 0.417. The van der Waals surface area contributed by atoms with Gasteiger partial charge in [0.2, 0.25) is 0 Å². The molecule has 0 aromatic heterocycles. The Morgan fingerprint density at radius 2 is 2.21 bits per heavy atom. The zero-order chi connectivity index (χ0) is 10.1. The van der Waals surface area contributed by atoms with Crippen LogP contribution in [0.4, 0.5) is 0 Å². The van der Waals surface area contributed by atoms with Gasteiger partial charge >= 0.3 is 5.97 Å². The van der Waals surface area contributed by atoms with Crippen LogP contribution in [0, 0.1) is 5.92 Å². The highest BCUT2D eigenvalue weighted by Crippen LogP contribution is 2.38. The monoisotopic (exact) mass is 190 g/mol. The summed E-state index contributed by atoms with van der Waals surface area (Å²) in [6, 6.07) is 8.18. The Morgan fingerprint density at radius 3 is 2.93 bits per heavy atom. The summed E-state index contributed by atoms with van der Waals surface area (Å²) < 4.78 is 0. The third-order valence-corrected chi connectivity index (χ3v) is 3.17. The van der Waals surface area contributed by atoms with Crippen molar-refractivity contribution in [2.45, 2.75) is 25.7 Å². The smallest absolute Gasteiger partial charge is 0.306 e. The van der Waals surface area contributed by atoms with E-state index in [4.69, 9.17) is 5.11 Å². The quantitative estimate of drug-likeness (QED) is 0.777. The molecule has 2 unspecified atom stereocenters. The summed E-state index contributed by atoms with van der Waals surface area (Å²) in [7, 11) is 0. The summed E-state index contributed by atoms with van der Waals surface area (Å²) in [5, 5.41) is 8.97. The average molecular weight is 190 g/mol. The lowest BCUT2D eigenvalue weighted by Crippen LogP contribution is -2.16. The van der Waals surface area contributed by atoms with Crippen LogP contribution >= 0.6 is 0 Å². The summed E-state index contributed by atoms with van der Waals surface area (Å²) in [4.78, 5) is 10.9. The summed E-state index contributed by atoms with van der Waals surface area (Å²) in [5.74, 6) is -0.742. The van der Waals surface area contributed by atoms with Gasteiger partial charge in [-0.05, 0) is 29.9 Å². The second-order valence-electron chi connectivity index (χ2n) is 3.97. The van der Waals surface area contributed by atoms with Gasteiger partial charge in [0.25, 0.3) is 0 Å². The molecule has 74 valence electrons. The number of benzene rings is 1. The Balaban J connectivity index is 2.30. The van der Waals surface area contributed by atoms with Crippen LogP contribution in [-0.4, -0.2) is 11.1 Å². The standard InChI is InChI=1S/C12H14O2/c1-8(12(13)14)10-7-6-9-4-2-3-5-11(9)10/h2-5,8,10H,6-7H2,1H3,(H,13,14). The molecule has 2 heteroatoms. The number of rotatable bonds is 2. The van der Waals surface area contributed by atoms with Crippen molar-refractivity contribution in [2.75, 3.05) is 0 Å². The SMILES string of the molecule is CC(C(=O)O)C1CCc2ccccc21. The predicted molar refractivity (Wildman–Crippen MR) is 54.3 cm³/mol. The average Bonchev–Trinajstić information content (AvgIpc) is 2.60. The van der Waals surface area contributed by atoms with Gasteiger partial charge in [-0.25, -0.2) is 0 Å². The van der Waals surface area contributed by atoms with Gasteiger partial charge < -0.3 is 5.11 Å². The lowest BCUT2D eigenvalue weighted by atomic mass is 9.89. The molecule has 1 aromatic carbocycles. The molecule has 0 saturated carbocycles. The van der Waals surface area contributed by atoms with E-state index in [1.807, 2.05) is 12.1 Å². The molecule has 1 aliphatic carbocycles. The summed E-state index contributed by atoms with van der Waals surface area (Å²) >= 11 is 0. The van der Waals surface area contributed by atoms with E-state index < -0.39 is 5.97 Å². The maximum absolute atomic E-state index is 10.9. The van der Waals surface area contributed by atoms with E-state index in [0.717, 1.165) is 12.8 Å². The number of hydrogen-bond donors (Lipinski definition) is 1. The van der Waals surface area contributed by atoms with E-state index in [2.05, 4.69) is 12.1 Å². The maximum Gasteiger partial charge on any atom is 0.306 e. The Bertz CT molecular complexity index is 357. The highest BCUT2D eigenvalue weighted by Gasteiger charge is 2.30. The fourth-order valence-corrected chi connectivity index (χ4v) is 2.28. The number of aryl methyl sites for hydroxylation is 1. The van der Waals surface area contributed by atoms with E-state index in [0.29, 0.717) is 0 Å². The molecule has 0 radical (unpaired) electrons. The minimum atomic E-state index is -0.688. The van der Waals surface area contributed by atoms with Gasteiger partial charge in [0.05, 0.1) is 5.92 Å². The van der Waals surface area contributed by atoms with Crippen LogP contribution in [-0.2, 0) is 11.2 Å². The second kappa shape index (κ2) is 3.45. The summed E-state index contributed by atoms with van der Waals surface area (Å²) in [6.45, 7) is 1.80. The molecule has 0 aliphatic heterocycles. The van der Waals surface area contributed by atoms with Crippen molar-refractivity contribution in [3.8, 4) is 0 Å². The third-order valence-electron chi connectivity index (χ3n) is 3.17. The van der Waals surface area contributed by atoms with E-state index in [9.17, 15) is 4.79 Å². The molecule has 1 aromatic rings. The highest BCUT2D eigenvalue weighted by atomic mass is 16.4. The molecule has 0 amide bonds. The van der Waals surface area contributed by atoms with Gasteiger partial charge in [-0.1, -0.05) is 31.2 Å². The van der Waals surface area contributed by atoms with Crippen molar-refractivity contribution in [2.24, 2.45) is 5.92 Å². The Hall–Kier alpha value is -1.31. The Morgan fingerprint density at radius 1 is 1.50 bits per heavy atom. The van der Waals surface area contributed by atoms with Crippen molar-refractivity contribution in [3.63, 3.8) is 0 Å². The molecule has 1 aliphatic rings. The molecule has 0 spiro atoms. The first-order valence-electron chi connectivity index (χ1n) is 5.00. The summed E-state index contributed by atoms with van der Waals surface area (Å²) in [5.41, 5.74) is 2.56. The van der Waals surface area contributed by atoms with E-state index >= 15 is 0 Å². The van der Waals surface area contributed by atoms with Crippen molar-refractivity contribution in [1.82, 2.24) is 0 Å². The van der Waals surface area contributed by atoms with Crippen LogP contribution in [0.25, 0.3) is 0 Å². The van der Waals surface area contributed by atoms with Crippen molar-refractivity contribution >= 4 is 5.97 Å². The lowest BCUT2D eigenvalue weighted by Gasteiger charge is -2.15. The number of carboxylic acids is 1. The van der Waals surface area contributed by atoms with Crippen molar-refractivity contribution in [1.29, 1.82) is 0 Å². The van der Waals surface area contributed by atoms with E-state index in [1.165, 1.54) is 11.1 Å². The predicted octanol–water partition coefficient (Wildman–Crippen LogP) is 2.44. The number of fused-ring (bicyclic) bond motifs is 1. The van der Waals surface area contributed by atoms with Gasteiger partial charge in [-0.15, -0.1) is 0 Å². The molecule has 2 nitrogen and oxygen atoms in total. The normalized spacial score (nSPS) is 21.6. The van der Waals surface area contributed by atoms with Crippen LogP contribution < -0.4 is 0 Å². The number of carboxylic acid groups (broad SMARTS) is 1. The second-order valence-corrected chi connectivity index (χ2v) is 3.97. The minimum Gasteiger partial charge on any atom is -0.481 e. The van der Waals surface area contributed by atoms with Crippen LogP contribution in [0.5, 0.6) is 0 Å². The molecule has 2 atom stereocenters. The van der Waals surface area contributed by atoms with E-state index in [1.54, 1.807) is 6.92 Å².